The molecule has 1 radical (unpaired) electrons. The van der Waals surface area contributed by atoms with Crippen LogP contribution < -0.4 is 30.5 Å². The molecule has 0 bridgehead atoms. The van der Waals surface area contributed by atoms with E-state index in [2.05, 4.69) is 12.2 Å². The molecule has 0 spiro atoms. The summed E-state index contributed by atoms with van der Waals surface area (Å²) in [6, 6.07) is 0. The van der Waals surface area contributed by atoms with Crippen LogP contribution in [0.2, 0.25) is 13.1 Å². The van der Waals surface area contributed by atoms with E-state index in [0.29, 0.717) is 0 Å². The van der Waals surface area contributed by atoms with Gasteiger partial charge in [0.05, 0.1) is 0 Å². The average Bonchev–Trinajstić information content (AvgIpc) is 2.36. The summed E-state index contributed by atoms with van der Waals surface area (Å²) in [4.78, 5) is 10.0. The summed E-state index contributed by atoms with van der Waals surface area (Å²) in [5.74, 6) is -0.293. The Balaban J connectivity index is -0.0000000687. The van der Waals surface area contributed by atoms with Gasteiger partial charge in [-0.25, -0.2) is 12.2 Å². The zero-order chi connectivity index (χ0) is 9.40. The van der Waals surface area contributed by atoms with Crippen molar-refractivity contribution in [2.45, 2.75) is 19.5 Å². The predicted molar refractivity (Wildman–Crippen MR) is 54.3 cm³/mol. The number of allylic oxidation sites excluding steroid dienone is 4. The molecule has 2 nitrogen and oxygen atoms in total. The summed E-state index contributed by atoms with van der Waals surface area (Å²) >= 11 is 0. The van der Waals surface area contributed by atoms with Gasteiger partial charge in [-0.2, -0.15) is 6.08 Å². The normalized spacial score (nSPS) is 9.47. The van der Waals surface area contributed by atoms with Crippen LogP contribution in [0.3, 0.4) is 0 Å². The minimum atomic E-state index is -0.534. The first kappa shape index (κ1) is 24.5. The van der Waals surface area contributed by atoms with Crippen molar-refractivity contribution in [3.05, 3.63) is 24.3 Å². The van der Waals surface area contributed by atoms with E-state index in [1.165, 1.54) is 0 Å². The van der Waals surface area contributed by atoms with E-state index in [0.717, 1.165) is 6.42 Å². The molecule has 0 saturated heterocycles. The fourth-order valence-electron chi connectivity index (χ4n) is 0.625. The summed E-state index contributed by atoms with van der Waals surface area (Å²) < 4.78 is 0. The molecule has 83 valence electrons. The molecule has 6 heteroatoms. The first-order valence-electron chi connectivity index (χ1n) is 3.79. The van der Waals surface area contributed by atoms with Gasteiger partial charge in [0.2, 0.25) is 5.91 Å². The SMILES string of the molecule is C[Si](C)=CC(N)=O.[C-]1=CC=CC1.[Cl-].[Cl-].[Ti+3]. The fraction of sp³-hybridized carbons (Fsp3) is 0.333. The predicted octanol–water partition coefficient (Wildman–Crippen LogP) is -5.08. The number of carbonyl (C=O) groups is 1. The van der Waals surface area contributed by atoms with Crippen molar-refractivity contribution >= 4 is 20.0 Å². The first-order valence-corrected chi connectivity index (χ1v) is 6.36. The van der Waals surface area contributed by atoms with Crippen molar-refractivity contribution in [3.8, 4) is 0 Å². The second-order valence-corrected chi connectivity index (χ2v) is 5.07. The number of nitrogens with two attached hydrogens (primary N) is 1. The number of halogens is 2. The van der Waals surface area contributed by atoms with Crippen LogP contribution in [0.15, 0.2) is 18.2 Å². The summed E-state index contributed by atoms with van der Waals surface area (Å²) in [5, 5.41) is 0. The molecule has 2 N–H and O–H groups in total. The number of rotatable bonds is 1. The first-order chi connectivity index (χ1) is 5.63. The third-order valence-electron chi connectivity index (χ3n) is 1.02. The van der Waals surface area contributed by atoms with E-state index in [9.17, 15) is 4.79 Å². The summed E-state index contributed by atoms with van der Waals surface area (Å²) in [5.41, 5.74) is 6.40. The Morgan fingerprint density at radius 3 is 2.07 bits per heavy atom. The molecule has 1 rings (SSSR count). The van der Waals surface area contributed by atoms with Gasteiger partial charge in [0.1, 0.15) is 0 Å². The Bertz CT molecular complexity index is 228. The number of carbonyl (C=O) groups excluding carboxylic acids is 1. The Hall–Kier alpha value is 0.331. The van der Waals surface area contributed by atoms with E-state index in [1.54, 1.807) is 5.67 Å². The molecule has 0 saturated carbocycles. The van der Waals surface area contributed by atoms with Crippen LogP contribution in [0.1, 0.15) is 6.42 Å². The van der Waals surface area contributed by atoms with Crippen molar-refractivity contribution in [1.82, 2.24) is 0 Å². The molecule has 15 heavy (non-hydrogen) atoms. The maximum Gasteiger partial charge on any atom is 3.00 e. The Morgan fingerprint density at radius 2 is 2.00 bits per heavy atom. The van der Waals surface area contributed by atoms with Gasteiger partial charge in [0.15, 0.2) is 0 Å². The zero-order valence-electron chi connectivity index (χ0n) is 8.76. The molecule has 1 aliphatic carbocycles. The van der Waals surface area contributed by atoms with Gasteiger partial charge in [0, 0.05) is 8.41 Å². The van der Waals surface area contributed by atoms with Crippen molar-refractivity contribution in [1.29, 1.82) is 0 Å². The molecular weight excluding hydrogens is 285 g/mol. The monoisotopic (exact) mass is 298 g/mol. The van der Waals surface area contributed by atoms with Crippen LogP contribution in [0.25, 0.3) is 0 Å². The van der Waals surface area contributed by atoms with Gasteiger partial charge in [-0.05, 0) is 5.67 Å². The Labute approximate surface area is 120 Å². The molecule has 0 fully saturated rings. The smallest absolute Gasteiger partial charge is 1.00 e. The molecule has 1 amide bonds. The molecule has 0 aromatic rings. The second-order valence-electron chi connectivity index (χ2n) is 2.63. The summed E-state index contributed by atoms with van der Waals surface area (Å²) in [7, 11) is -0.534. The van der Waals surface area contributed by atoms with Crippen LogP contribution in [0.4, 0.5) is 0 Å². The molecule has 0 heterocycles. The van der Waals surface area contributed by atoms with E-state index in [-0.39, 0.29) is 52.4 Å². The van der Waals surface area contributed by atoms with Crippen LogP contribution >= 0.6 is 0 Å². The van der Waals surface area contributed by atoms with E-state index in [1.807, 2.05) is 25.2 Å². The molecule has 0 aliphatic heterocycles. The molecule has 0 aromatic carbocycles. The van der Waals surface area contributed by atoms with Crippen LogP contribution in [-0.4, -0.2) is 20.0 Å². The van der Waals surface area contributed by atoms with Gasteiger partial charge in [-0.1, -0.05) is 13.1 Å². The van der Waals surface area contributed by atoms with Crippen molar-refractivity contribution < 1.29 is 51.3 Å². The number of primary amides is 1. The minimum Gasteiger partial charge on any atom is -1.00 e. The zero-order valence-corrected chi connectivity index (χ0v) is 12.8. The molecule has 1 aliphatic rings. The number of hydrogen-bond acceptors (Lipinski definition) is 1. The van der Waals surface area contributed by atoms with Crippen LogP contribution in [-0.2, 0) is 26.5 Å². The minimum absolute atomic E-state index is 0. The number of amides is 1. The third kappa shape index (κ3) is 25.0. The summed E-state index contributed by atoms with van der Waals surface area (Å²) in [6.45, 7) is 4.02. The second kappa shape index (κ2) is 16.7. The number of hydrogen-bond donors (Lipinski definition) is 1. The van der Waals surface area contributed by atoms with E-state index >= 15 is 0 Å². The molecule has 0 unspecified atom stereocenters. The Morgan fingerprint density at radius 1 is 1.47 bits per heavy atom. The molecule has 0 aromatic heterocycles. The largest absolute Gasteiger partial charge is 3.00 e. The average molecular weight is 299 g/mol. The standard InChI is InChI=1S/C5H5.C4H9NOSi.2ClH.Ti/c1-2-4-5-3-1;1-7(2)3-4(5)6;;;/h1-3H,4H2;3H,1-2H3,(H2,5,6);2*1H;/q-1;;;;+3/p-2. The third-order valence-corrected chi connectivity index (χ3v) is 1.88. The topological polar surface area (TPSA) is 43.1 Å². The van der Waals surface area contributed by atoms with Gasteiger partial charge in [0.25, 0.3) is 0 Å². The van der Waals surface area contributed by atoms with Gasteiger partial charge >= 0.3 is 21.7 Å². The van der Waals surface area contributed by atoms with Crippen LogP contribution in [0.5, 0.6) is 0 Å². The maximum absolute atomic E-state index is 10.0. The van der Waals surface area contributed by atoms with E-state index in [4.69, 9.17) is 5.73 Å². The maximum atomic E-state index is 10.0. The summed E-state index contributed by atoms with van der Waals surface area (Å²) in [6.07, 6.45) is 10.0. The van der Waals surface area contributed by atoms with Crippen molar-refractivity contribution in [2.24, 2.45) is 5.73 Å². The molecule has 0 atom stereocenters. The van der Waals surface area contributed by atoms with Gasteiger partial charge in [-0.15, -0.1) is 6.42 Å². The quantitative estimate of drug-likeness (QED) is 0.382. The fourth-order valence-corrected chi connectivity index (χ4v) is 1.19. The Kier molecular flexibility index (Phi) is 27.4. The van der Waals surface area contributed by atoms with Crippen molar-refractivity contribution in [3.63, 3.8) is 0 Å². The van der Waals surface area contributed by atoms with Crippen molar-refractivity contribution in [2.75, 3.05) is 0 Å². The molecular formula is C9H14Cl2NOSiTi. The van der Waals surface area contributed by atoms with Gasteiger partial charge in [-0.3, -0.25) is 10.9 Å². The van der Waals surface area contributed by atoms with E-state index < -0.39 is 8.41 Å². The van der Waals surface area contributed by atoms with Crippen LogP contribution in [0, 0.1) is 6.08 Å². The van der Waals surface area contributed by atoms with Gasteiger partial charge < -0.3 is 30.5 Å².